The van der Waals surface area contributed by atoms with Crippen LogP contribution in [0.25, 0.3) is 0 Å². The molecule has 2 aromatic rings. The zero-order valence-corrected chi connectivity index (χ0v) is 16.8. The standard InChI is InChI=1S/C21H26N2O3S/c1-15-7-11-19(12-8-15)22-27(25,26)20-14-18(10-9-16(20)2)21(24)23-13-5-4-6-17(23)3/h7-12,14,17,22H,4-6,13H2,1-3H3/t17-/m1/s1. The number of piperidine rings is 1. The summed E-state index contributed by atoms with van der Waals surface area (Å²) in [5.41, 5.74) is 2.58. The van der Waals surface area contributed by atoms with E-state index < -0.39 is 10.0 Å². The SMILES string of the molecule is Cc1ccc(NS(=O)(=O)c2cc(C(=O)N3CCCC[C@H]3C)ccc2C)cc1. The Labute approximate surface area is 161 Å². The molecular formula is C21H26N2O3S. The van der Waals surface area contributed by atoms with E-state index in [0.29, 0.717) is 16.8 Å². The first kappa shape index (κ1) is 19.4. The molecule has 5 nitrogen and oxygen atoms in total. The number of aryl methyl sites for hydroxylation is 2. The van der Waals surface area contributed by atoms with E-state index in [1.807, 2.05) is 30.9 Å². The molecule has 1 saturated heterocycles. The van der Waals surface area contributed by atoms with Crippen molar-refractivity contribution in [3.63, 3.8) is 0 Å². The quantitative estimate of drug-likeness (QED) is 0.859. The molecule has 6 heteroatoms. The number of carbonyl (C=O) groups excluding carboxylic acids is 1. The fourth-order valence-electron chi connectivity index (χ4n) is 3.42. The van der Waals surface area contributed by atoms with Crippen molar-refractivity contribution in [1.82, 2.24) is 4.90 Å². The van der Waals surface area contributed by atoms with E-state index in [2.05, 4.69) is 4.72 Å². The number of nitrogens with one attached hydrogen (secondary N) is 1. The molecule has 1 atom stereocenters. The van der Waals surface area contributed by atoms with Gasteiger partial charge in [0.25, 0.3) is 15.9 Å². The third-order valence-corrected chi connectivity index (χ3v) is 6.62. The van der Waals surface area contributed by atoms with Crippen molar-refractivity contribution in [2.45, 2.75) is 51.0 Å². The van der Waals surface area contributed by atoms with Crippen LogP contribution in [0.15, 0.2) is 47.4 Å². The maximum atomic E-state index is 12.9. The Kier molecular flexibility index (Phi) is 5.56. The molecule has 2 aromatic carbocycles. The molecule has 1 aliphatic rings. The van der Waals surface area contributed by atoms with Crippen LogP contribution >= 0.6 is 0 Å². The molecule has 0 aliphatic carbocycles. The van der Waals surface area contributed by atoms with Crippen molar-refractivity contribution >= 4 is 21.6 Å². The van der Waals surface area contributed by atoms with Crippen LogP contribution in [0.5, 0.6) is 0 Å². The third-order valence-electron chi connectivity index (χ3n) is 5.09. The Morgan fingerprint density at radius 3 is 2.44 bits per heavy atom. The fraction of sp³-hybridized carbons (Fsp3) is 0.381. The Balaban J connectivity index is 1.90. The first-order valence-corrected chi connectivity index (χ1v) is 10.8. The van der Waals surface area contributed by atoms with Gasteiger partial charge in [-0.2, -0.15) is 0 Å². The van der Waals surface area contributed by atoms with E-state index >= 15 is 0 Å². The number of nitrogens with zero attached hydrogens (tertiary/aromatic N) is 1. The molecule has 3 rings (SSSR count). The maximum Gasteiger partial charge on any atom is 0.262 e. The number of hydrogen-bond donors (Lipinski definition) is 1. The molecule has 1 amide bonds. The van der Waals surface area contributed by atoms with Crippen LogP contribution in [0.2, 0.25) is 0 Å². The summed E-state index contributed by atoms with van der Waals surface area (Å²) in [5.74, 6) is -0.103. The van der Waals surface area contributed by atoms with Gasteiger partial charge in [-0.15, -0.1) is 0 Å². The molecular weight excluding hydrogens is 360 g/mol. The van der Waals surface area contributed by atoms with Crippen molar-refractivity contribution in [1.29, 1.82) is 0 Å². The number of likely N-dealkylation sites (tertiary alicyclic amines) is 1. The monoisotopic (exact) mass is 386 g/mol. The number of rotatable bonds is 4. The normalized spacial score (nSPS) is 17.6. The van der Waals surface area contributed by atoms with Gasteiger partial charge in [-0.05, 0) is 69.9 Å². The maximum absolute atomic E-state index is 12.9. The second-order valence-electron chi connectivity index (χ2n) is 7.30. The van der Waals surface area contributed by atoms with Gasteiger partial charge >= 0.3 is 0 Å². The second-order valence-corrected chi connectivity index (χ2v) is 8.95. The minimum atomic E-state index is -3.78. The van der Waals surface area contributed by atoms with Crippen molar-refractivity contribution in [3.8, 4) is 0 Å². The molecule has 0 saturated carbocycles. The largest absolute Gasteiger partial charge is 0.336 e. The van der Waals surface area contributed by atoms with E-state index in [4.69, 9.17) is 0 Å². The summed E-state index contributed by atoms with van der Waals surface area (Å²) >= 11 is 0. The Hall–Kier alpha value is -2.34. The average Bonchev–Trinajstić information content (AvgIpc) is 2.63. The van der Waals surface area contributed by atoms with Crippen molar-refractivity contribution in [3.05, 3.63) is 59.2 Å². The van der Waals surface area contributed by atoms with Gasteiger partial charge in [0, 0.05) is 23.8 Å². The van der Waals surface area contributed by atoms with Crippen LogP contribution < -0.4 is 4.72 Å². The first-order chi connectivity index (χ1) is 12.8. The van der Waals surface area contributed by atoms with Gasteiger partial charge in [0.15, 0.2) is 0 Å². The lowest BCUT2D eigenvalue weighted by Crippen LogP contribution is -2.42. The van der Waals surface area contributed by atoms with Crippen molar-refractivity contribution in [2.24, 2.45) is 0 Å². The predicted molar refractivity (Wildman–Crippen MR) is 108 cm³/mol. The van der Waals surface area contributed by atoms with E-state index in [1.54, 1.807) is 31.2 Å². The average molecular weight is 387 g/mol. The zero-order valence-electron chi connectivity index (χ0n) is 16.0. The Morgan fingerprint density at radius 1 is 1.07 bits per heavy atom. The summed E-state index contributed by atoms with van der Waals surface area (Å²) in [6.45, 7) is 6.44. The molecule has 0 bridgehead atoms. The number of benzene rings is 2. The number of amides is 1. The molecule has 27 heavy (non-hydrogen) atoms. The molecule has 0 spiro atoms. The van der Waals surface area contributed by atoms with Gasteiger partial charge in [-0.3, -0.25) is 9.52 Å². The highest BCUT2D eigenvalue weighted by atomic mass is 32.2. The van der Waals surface area contributed by atoms with E-state index in [1.165, 1.54) is 6.07 Å². The summed E-state index contributed by atoms with van der Waals surface area (Å²) in [6.07, 6.45) is 3.10. The van der Waals surface area contributed by atoms with Crippen LogP contribution in [0.1, 0.15) is 47.7 Å². The molecule has 1 fully saturated rings. The van der Waals surface area contributed by atoms with E-state index in [9.17, 15) is 13.2 Å². The molecule has 0 radical (unpaired) electrons. The van der Waals surface area contributed by atoms with Gasteiger partial charge in [-0.25, -0.2) is 8.42 Å². The molecule has 1 aliphatic heterocycles. The van der Waals surface area contributed by atoms with E-state index in [-0.39, 0.29) is 16.8 Å². The summed E-state index contributed by atoms with van der Waals surface area (Å²) in [6, 6.07) is 12.2. The summed E-state index contributed by atoms with van der Waals surface area (Å²) in [5, 5.41) is 0. The van der Waals surface area contributed by atoms with Gasteiger partial charge < -0.3 is 4.90 Å². The van der Waals surface area contributed by atoms with Crippen LogP contribution in [0, 0.1) is 13.8 Å². The summed E-state index contributed by atoms with van der Waals surface area (Å²) in [7, 11) is -3.78. The molecule has 1 heterocycles. The van der Waals surface area contributed by atoms with Crippen LogP contribution in [-0.2, 0) is 10.0 Å². The summed E-state index contributed by atoms with van der Waals surface area (Å²) < 4.78 is 28.4. The Morgan fingerprint density at radius 2 is 1.78 bits per heavy atom. The second kappa shape index (κ2) is 7.72. The molecule has 0 aromatic heterocycles. The highest BCUT2D eigenvalue weighted by molar-refractivity contribution is 7.92. The zero-order chi connectivity index (χ0) is 19.6. The predicted octanol–water partition coefficient (Wildman–Crippen LogP) is 4.12. The number of hydrogen-bond acceptors (Lipinski definition) is 3. The molecule has 1 N–H and O–H groups in total. The smallest absolute Gasteiger partial charge is 0.262 e. The van der Waals surface area contributed by atoms with Gasteiger partial charge in [-0.1, -0.05) is 23.8 Å². The Bertz CT molecular complexity index is 936. The number of sulfonamides is 1. The van der Waals surface area contributed by atoms with Gasteiger partial charge in [0.1, 0.15) is 0 Å². The minimum absolute atomic E-state index is 0.103. The number of anilines is 1. The summed E-state index contributed by atoms with van der Waals surface area (Å²) in [4.78, 5) is 14.9. The number of carbonyl (C=O) groups is 1. The highest BCUT2D eigenvalue weighted by Gasteiger charge is 2.26. The minimum Gasteiger partial charge on any atom is -0.336 e. The topological polar surface area (TPSA) is 66.5 Å². The third kappa shape index (κ3) is 4.33. The lowest BCUT2D eigenvalue weighted by molar-refractivity contribution is 0.0635. The lowest BCUT2D eigenvalue weighted by atomic mass is 10.0. The van der Waals surface area contributed by atoms with E-state index in [0.717, 1.165) is 31.4 Å². The van der Waals surface area contributed by atoms with Crippen LogP contribution in [0.3, 0.4) is 0 Å². The van der Waals surface area contributed by atoms with Crippen LogP contribution in [-0.4, -0.2) is 31.8 Å². The lowest BCUT2D eigenvalue weighted by Gasteiger charge is -2.33. The first-order valence-electron chi connectivity index (χ1n) is 9.29. The molecule has 144 valence electrons. The van der Waals surface area contributed by atoms with Gasteiger partial charge in [0.2, 0.25) is 0 Å². The molecule has 0 unspecified atom stereocenters. The fourth-order valence-corrected chi connectivity index (χ4v) is 4.75. The van der Waals surface area contributed by atoms with Crippen LogP contribution in [0.4, 0.5) is 5.69 Å². The highest BCUT2D eigenvalue weighted by Crippen LogP contribution is 2.24. The van der Waals surface area contributed by atoms with Gasteiger partial charge in [0.05, 0.1) is 4.90 Å². The van der Waals surface area contributed by atoms with Crippen molar-refractivity contribution in [2.75, 3.05) is 11.3 Å². The van der Waals surface area contributed by atoms with Crippen molar-refractivity contribution < 1.29 is 13.2 Å².